The first-order valence-corrected chi connectivity index (χ1v) is 10.8. The van der Waals surface area contributed by atoms with Crippen LogP contribution in [0.15, 0.2) is 53.4 Å². The molecular weight excluding hydrogens is 393 g/mol. The van der Waals surface area contributed by atoms with Gasteiger partial charge in [0.1, 0.15) is 11.5 Å². The second-order valence-corrected chi connectivity index (χ2v) is 7.98. The molecular formula is C25H30FN3O2. The second-order valence-electron chi connectivity index (χ2n) is 7.98. The van der Waals surface area contributed by atoms with Crippen molar-refractivity contribution in [2.75, 3.05) is 13.1 Å². The molecule has 0 aliphatic heterocycles. The van der Waals surface area contributed by atoms with Crippen molar-refractivity contribution < 1.29 is 13.9 Å². The minimum absolute atomic E-state index is 0.0343. The number of nitrogens with zero attached hydrogens (tertiary/aromatic N) is 3. The Morgan fingerprint density at radius 1 is 1.26 bits per heavy atom. The SMILES string of the molecule is CCN(CC1CCC1)C(=O)C(C)=N/C(C)=C(\C)c1ccc(Oc2cccnc2)c(F)c1. The zero-order valence-electron chi connectivity index (χ0n) is 18.7. The molecule has 164 valence electrons. The summed E-state index contributed by atoms with van der Waals surface area (Å²) in [6.07, 6.45) is 6.81. The average molecular weight is 424 g/mol. The molecule has 1 aromatic carbocycles. The first-order chi connectivity index (χ1) is 14.9. The number of ether oxygens (including phenoxy) is 1. The van der Waals surface area contributed by atoms with E-state index in [1.165, 1.54) is 31.5 Å². The fourth-order valence-corrected chi connectivity index (χ4v) is 3.51. The Kier molecular flexibility index (Phi) is 7.55. The minimum atomic E-state index is -0.470. The number of hydrogen-bond acceptors (Lipinski definition) is 4. The highest BCUT2D eigenvalue weighted by Crippen LogP contribution is 2.29. The Bertz CT molecular complexity index is 982. The molecule has 3 rings (SSSR count). The van der Waals surface area contributed by atoms with Crippen LogP contribution in [0.2, 0.25) is 0 Å². The minimum Gasteiger partial charge on any atom is -0.453 e. The van der Waals surface area contributed by atoms with E-state index in [1.807, 2.05) is 25.7 Å². The summed E-state index contributed by atoms with van der Waals surface area (Å²) in [4.78, 5) is 23.2. The lowest BCUT2D eigenvalue weighted by atomic mass is 9.85. The number of hydrogen-bond donors (Lipinski definition) is 0. The highest BCUT2D eigenvalue weighted by molar-refractivity contribution is 6.38. The van der Waals surface area contributed by atoms with Crippen molar-refractivity contribution in [3.05, 3.63) is 59.8 Å². The molecule has 1 saturated carbocycles. The van der Waals surface area contributed by atoms with Gasteiger partial charge >= 0.3 is 0 Å². The van der Waals surface area contributed by atoms with E-state index >= 15 is 0 Å². The number of amides is 1. The van der Waals surface area contributed by atoms with E-state index in [9.17, 15) is 9.18 Å². The van der Waals surface area contributed by atoms with Gasteiger partial charge in [0.2, 0.25) is 0 Å². The molecule has 1 aliphatic carbocycles. The van der Waals surface area contributed by atoms with Crippen molar-refractivity contribution in [2.45, 2.75) is 47.0 Å². The molecule has 5 nitrogen and oxygen atoms in total. The molecule has 0 atom stereocenters. The van der Waals surface area contributed by atoms with Crippen LogP contribution >= 0.6 is 0 Å². The fraction of sp³-hybridized carbons (Fsp3) is 0.400. The summed E-state index contributed by atoms with van der Waals surface area (Å²) < 4.78 is 20.2. The lowest BCUT2D eigenvalue weighted by molar-refractivity contribution is -0.124. The Labute approximate surface area is 183 Å². The van der Waals surface area contributed by atoms with Gasteiger partial charge in [0, 0.05) is 25.0 Å². The molecule has 0 radical (unpaired) electrons. The first kappa shape index (κ1) is 22.7. The quantitative estimate of drug-likeness (QED) is 0.499. The van der Waals surface area contributed by atoms with Gasteiger partial charge in [-0.25, -0.2) is 4.39 Å². The van der Waals surface area contributed by atoms with Crippen molar-refractivity contribution in [1.82, 2.24) is 9.88 Å². The summed E-state index contributed by atoms with van der Waals surface area (Å²) in [6, 6.07) is 8.25. The van der Waals surface area contributed by atoms with Gasteiger partial charge in [0.15, 0.2) is 11.6 Å². The third-order valence-corrected chi connectivity index (χ3v) is 5.79. The molecule has 0 saturated heterocycles. The number of carbonyl (C=O) groups is 1. The van der Waals surface area contributed by atoms with Gasteiger partial charge in [-0.1, -0.05) is 12.5 Å². The van der Waals surface area contributed by atoms with Crippen LogP contribution < -0.4 is 4.74 Å². The topological polar surface area (TPSA) is 54.8 Å². The monoisotopic (exact) mass is 423 g/mol. The molecule has 1 amide bonds. The van der Waals surface area contributed by atoms with Crippen LogP contribution in [0.25, 0.3) is 5.57 Å². The summed E-state index contributed by atoms with van der Waals surface area (Å²) in [6.45, 7) is 8.93. The van der Waals surface area contributed by atoms with Gasteiger partial charge in [0.25, 0.3) is 5.91 Å². The third-order valence-electron chi connectivity index (χ3n) is 5.79. The summed E-state index contributed by atoms with van der Waals surface area (Å²) in [7, 11) is 0. The first-order valence-electron chi connectivity index (χ1n) is 10.8. The van der Waals surface area contributed by atoms with Crippen LogP contribution in [0.1, 0.15) is 52.5 Å². The van der Waals surface area contributed by atoms with Crippen LogP contribution in [0.3, 0.4) is 0 Å². The molecule has 1 fully saturated rings. The summed E-state index contributed by atoms with van der Waals surface area (Å²) in [5, 5.41) is 0. The van der Waals surface area contributed by atoms with E-state index in [2.05, 4.69) is 9.98 Å². The average Bonchev–Trinajstić information content (AvgIpc) is 2.74. The van der Waals surface area contributed by atoms with Crippen LogP contribution in [-0.2, 0) is 4.79 Å². The van der Waals surface area contributed by atoms with Crippen LogP contribution in [-0.4, -0.2) is 34.6 Å². The number of aliphatic imine (C=N–C) groups is 1. The van der Waals surface area contributed by atoms with Crippen molar-refractivity contribution >= 4 is 17.2 Å². The fourth-order valence-electron chi connectivity index (χ4n) is 3.51. The largest absolute Gasteiger partial charge is 0.453 e. The Morgan fingerprint density at radius 3 is 2.61 bits per heavy atom. The van der Waals surface area contributed by atoms with E-state index < -0.39 is 5.82 Å². The molecule has 2 aromatic rings. The summed E-state index contributed by atoms with van der Waals surface area (Å²) in [5.74, 6) is 0.715. The molecule has 0 N–H and O–H groups in total. The standard InChI is InChI=1S/C25H30FN3O2/c1-5-29(16-20-8-6-9-20)25(30)19(4)28-18(3)17(2)21-11-12-24(23(26)14-21)31-22-10-7-13-27-15-22/h7,10-15,20H,5-6,8-9,16H2,1-4H3/b18-17+,28-19?. The highest BCUT2D eigenvalue weighted by atomic mass is 19.1. The van der Waals surface area contributed by atoms with Gasteiger partial charge < -0.3 is 9.64 Å². The van der Waals surface area contributed by atoms with Gasteiger partial charge in [-0.05, 0) is 81.9 Å². The summed E-state index contributed by atoms with van der Waals surface area (Å²) in [5.41, 5.74) is 2.64. The van der Waals surface area contributed by atoms with E-state index in [4.69, 9.17) is 4.74 Å². The van der Waals surface area contributed by atoms with Crippen LogP contribution in [0.5, 0.6) is 11.5 Å². The number of benzene rings is 1. The van der Waals surface area contributed by atoms with E-state index in [0.717, 1.165) is 12.1 Å². The molecule has 1 aliphatic rings. The molecule has 6 heteroatoms. The Morgan fingerprint density at radius 2 is 2.03 bits per heavy atom. The zero-order chi connectivity index (χ0) is 22.4. The lowest BCUT2D eigenvalue weighted by Crippen LogP contribution is -2.40. The molecule has 0 bridgehead atoms. The maximum atomic E-state index is 14.6. The van der Waals surface area contributed by atoms with Gasteiger partial charge in [-0.15, -0.1) is 0 Å². The Balaban J connectivity index is 1.74. The normalized spacial score (nSPS) is 15.2. The van der Waals surface area contributed by atoms with Crippen LogP contribution in [0.4, 0.5) is 4.39 Å². The number of pyridine rings is 1. The van der Waals surface area contributed by atoms with Crippen molar-refractivity contribution in [2.24, 2.45) is 10.9 Å². The predicted octanol–water partition coefficient (Wildman–Crippen LogP) is 5.87. The number of rotatable bonds is 8. The summed E-state index contributed by atoms with van der Waals surface area (Å²) >= 11 is 0. The van der Waals surface area contributed by atoms with Gasteiger partial charge in [-0.2, -0.15) is 0 Å². The third kappa shape index (κ3) is 5.78. The van der Waals surface area contributed by atoms with E-state index in [-0.39, 0.29) is 11.7 Å². The molecule has 1 heterocycles. The number of allylic oxidation sites excluding steroid dienone is 2. The maximum Gasteiger partial charge on any atom is 0.267 e. The van der Waals surface area contributed by atoms with Crippen LogP contribution in [0, 0.1) is 11.7 Å². The molecule has 1 aromatic heterocycles. The van der Waals surface area contributed by atoms with Crippen molar-refractivity contribution in [3.8, 4) is 11.5 Å². The second kappa shape index (κ2) is 10.3. The lowest BCUT2D eigenvalue weighted by Gasteiger charge is -2.31. The predicted molar refractivity (Wildman–Crippen MR) is 122 cm³/mol. The van der Waals surface area contributed by atoms with Crippen molar-refractivity contribution in [3.63, 3.8) is 0 Å². The number of halogens is 1. The highest BCUT2D eigenvalue weighted by Gasteiger charge is 2.24. The van der Waals surface area contributed by atoms with Gasteiger partial charge in [-0.3, -0.25) is 14.8 Å². The Hall–Kier alpha value is -3.02. The molecule has 31 heavy (non-hydrogen) atoms. The zero-order valence-corrected chi connectivity index (χ0v) is 18.7. The van der Waals surface area contributed by atoms with E-state index in [0.29, 0.717) is 35.2 Å². The number of aromatic nitrogens is 1. The molecule has 0 spiro atoms. The maximum absolute atomic E-state index is 14.6. The van der Waals surface area contributed by atoms with E-state index in [1.54, 1.807) is 37.4 Å². The smallest absolute Gasteiger partial charge is 0.267 e. The van der Waals surface area contributed by atoms with Crippen molar-refractivity contribution in [1.29, 1.82) is 0 Å². The molecule has 0 unspecified atom stereocenters. The van der Waals surface area contributed by atoms with Gasteiger partial charge in [0.05, 0.1) is 6.20 Å². The number of carbonyl (C=O) groups excluding carboxylic acids is 1.